The third-order valence-electron chi connectivity index (χ3n) is 1.67. The van der Waals surface area contributed by atoms with Gasteiger partial charge in [0.1, 0.15) is 0 Å². The van der Waals surface area contributed by atoms with Crippen molar-refractivity contribution in [2.75, 3.05) is 6.61 Å². The Kier molecular flexibility index (Phi) is 4.94. The van der Waals surface area contributed by atoms with E-state index in [9.17, 15) is 18.0 Å². The smallest absolute Gasteiger partial charge is 0.402 e. The van der Waals surface area contributed by atoms with Gasteiger partial charge in [-0.3, -0.25) is 4.79 Å². The van der Waals surface area contributed by atoms with Crippen LogP contribution in [0.3, 0.4) is 0 Å². The van der Waals surface area contributed by atoms with Gasteiger partial charge >= 0.3 is 12.1 Å². The molecule has 0 fully saturated rings. The molecular formula is C9H15F3O2. The van der Waals surface area contributed by atoms with Gasteiger partial charge in [-0.15, -0.1) is 0 Å². The minimum Gasteiger partial charge on any atom is -0.466 e. The van der Waals surface area contributed by atoms with Crippen molar-refractivity contribution in [1.82, 2.24) is 0 Å². The molecule has 1 atom stereocenters. The lowest BCUT2D eigenvalue weighted by atomic mass is 9.97. The molecule has 0 aliphatic heterocycles. The summed E-state index contributed by atoms with van der Waals surface area (Å²) in [6, 6.07) is 0. The molecule has 0 heterocycles. The van der Waals surface area contributed by atoms with Gasteiger partial charge in [0, 0.05) is 0 Å². The maximum absolute atomic E-state index is 12.4. The van der Waals surface area contributed by atoms with Crippen LogP contribution in [0.5, 0.6) is 0 Å². The second-order valence-corrected chi connectivity index (χ2v) is 3.48. The van der Waals surface area contributed by atoms with Gasteiger partial charge in [-0.1, -0.05) is 13.8 Å². The molecule has 0 rings (SSSR count). The fraction of sp³-hybridized carbons (Fsp3) is 0.889. The topological polar surface area (TPSA) is 26.3 Å². The fourth-order valence-electron chi connectivity index (χ4n) is 1.08. The maximum Gasteiger partial charge on any atom is 0.402 e. The highest BCUT2D eigenvalue weighted by Gasteiger charge is 2.45. The number of carbonyl (C=O) groups excluding carboxylic acids is 1. The second kappa shape index (κ2) is 5.22. The zero-order chi connectivity index (χ0) is 11.4. The molecule has 0 aromatic carbocycles. The molecule has 1 unspecified atom stereocenters. The van der Waals surface area contributed by atoms with Crippen molar-refractivity contribution in [3.05, 3.63) is 0 Å². The van der Waals surface area contributed by atoms with Crippen LogP contribution in [-0.2, 0) is 9.53 Å². The Morgan fingerprint density at radius 2 is 1.86 bits per heavy atom. The average molecular weight is 212 g/mol. The molecule has 0 aromatic rings. The first-order chi connectivity index (χ1) is 6.29. The Hall–Kier alpha value is -0.740. The van der Waals surface area contributed by atoms with Crippen molar-refractivity contribution in [3.8, 4) is 0 Å². The zero-order valence-electron chi connectivity index (χ0n) is 8.52. The Bertz CT molecular complexity index is 187. The Morgan fingerprint density at radius 3 is 2.14 bits per heavy atom. The second-order valence-electron chi connectivity index (χ2n) is 3.48. The molecule has 0 aromatic heterocycles. The highest BCUT2D eigenvalue weighted by Crippen LogP contribution is 2.32. The third kappa shape index (κ3) is 4.48. The van der Waals surface area contributed by atoms with E-state index in [1.54, 1.807) is 13.8 Å². The number of carbonyl (C=O) groups is 1. The minimum absolute atomic E-state index is 0.0243. The molecule has 0 aliphatic carbocycles. The van der Waals surface area contributed by atoms with E-state index in [2.05, 4.69) is 4.74 Å². The quantitative estimate of drug-likeness (QED) is 0.670. The molecule has 84 valence electrons. The van der Waals surface area contributed by atoms with Gasteiger partial charge in [0.2, 0.25) is 0 Å². The van der Waals surface area contributed by atoms with Crippen LogP contribution in [0, 0.1) is 11.8 Å². The number of hydrogen-bond acceptors (Lipinski definition) is 2. The van der Waals surface area contributed by atoms with Crippen molar-refractivity contribution in [2.45, 2.75) is 33.4 Å². The summed E-state index contributed by atoms with van der Waals surface area (Å²) in [5, 5.41) is 0. The largest absolute Gasteiger partial charge is 0.466 e. The van der Waals surface area contributed by atoms with E-state index in [-0.39, 0.29) is 18.9 Å². The highest BCUT2D eigenvalue weighted by molar-refractivity contribution is 5.73. The SMILES string of the molecule is CCOC(=O)C(CC(C)C)C(F)(F)F. The van der Waals surface area contributed by atoms with E-state index < -0.39 is 18.1 Å². The number of alkyl halides is 3. The molecule has 0 radical (unpaired) electrons. The van der Waals surface area contributed by atoms with Crippen molar-refractivity contribution in [1.29, 1.82) is 0 Å². The molecule has 0 saturated carbocycles. The molecule has 2 nitrogen and oxygen atoms in total. The summed E-state index contributed by atoms with van der Waals surface area (Å²) in [4.78, 5) is 11.0. The molecule has 5 heteroatoms. The molecule has 0 spiro atoms. The zero-order valence-corrected chi connectivity index (χ0v) is 8.52. The number of rotatable bonds is 4. The lowest BCUT2D eigenvalue weighted by Gasteiger charge is -2.19. The summed E-state index contributed by atoms with van der Waals surface area (Å²) in [6.07, 6.45) is -4.72. The van der Waals surface area contributed by atoms with E-state index in [4.69, 9.17) is 0 Å². The normalized spacial score (nSPS) is 14.2. The number of ether oxygens (including phenoxy) is 1. The van der Waals surface area contributed by atoms with Gasteiger partial charge in [-0.05, 0) is 19.3 Å². The lowest BCUT2D eigenvalue weighted by molar-refractivity contribution is -0.200. The van der Waals surface area contributed by atoms with Crippen LogP contribution in [0.4, 0.5) is 13.2 Å². The summed E-state index contributed by atoms with van der Waals surface area (Å²) in [6.45, 7) is 4.74. The maximum atomic E-state index is 12.4. The van der Waals surface area contributed by atoms with E-state index in [0.717, 1.165) is 0 Å². The van der Waals surface area contributed by atoms with Gasteiger partial charge in [0.05, 0.1) is 6.61 Å². The van der Waals surface area contributed by atoms with E-state index in [1.807, 2.05) is 0 Å². The van der Waals surface area contributed by atoms with Crippen LogP contribution in [0.2, 0.25) is 0 Å². The first-order valence-electron chi connectivity index (χ1n) is 4.52. The first kappa shape index (κ1) is 13.3. The van der Waals surface area contributed by atoms with Gasteiger partial charge in [-0.25, -0.2) is 0 Å². The Labute approximate surface area is 81.4 Å². The van der Waals surface area contributed by atoms with Crippen LogP contribution >= 0.6 is 0 Å². The molecule has 0 bridgehead atoms. The summed E-state index contributed by atoms with van der Waals surface area (Å²) in [7, 11) is 0. The van der Waals surface area contributed by atoms with Crippen molar-refractivity contribution in [3.63, 3.8) is 0 Å². The molecule has 0 amide bonds. The summed E-state index contributed by atoms with van der Waals surface area (Å²) in [5.41, 5.74) is 0. The molecule has 0 N–H and O–H groups in total. The van der Waals surface area contributed by atoms with Crippen molar-refractivity contribution < 1.29 is 22.7 Å². The van der Waals surface area contributed by atoms with Crippen LogP contribution in [0.1, 0.15) is 27.2 Å². The highest BCUT2D eigenvalue weighted by atomic mass is 19.4. The summed E-state index contributed by atoms with van der Waals surface area (Å²) < 4.78 is 41.4. The van der Waals surface area contributed by atoms with Gasteiger partial charge in [-0.2, -0.15) is 13.2 Å². The summed E-state index contributed by atoms with van der Waals surface area (Å²) in [5.74, 6) is -3.35. The molecule has 0 saturated heterocycles. The molecule has 14 heavy (non-hydrogen) atoms. The van der Waals surface area contributed by atoms with E-state index >= 15 is 0 Å². The minimum atomic E-state index is -4.50. The summed E-state index contributed by atoms with van der Waals surface area (Å²) >= 11 is 0. The molecule has 0 aliphatic rings. The lowest BCUT2D eigenvalue weighted by Crippen LogP contribution is -2.33. The van der Waals surface area contributed by atoms with Crippen molar-refractivity contribution in [2.24, 2.45) is 11.8 Å². The van der Waals surface area contributed by atoms with E-state index in [1.165, 1.54) is 6.92 Å². The van der Waals surface area contributed by atoms with Gasteiger partial charge in [0.15, 0.2) is 5.92 Å². The van der Waals surface area contributed by atoms with Gasteiger partial charge in [0.25, 0.3) is 0 Å². The van der Waals surface area contributed by atoms with Crippen LogP contribution in [-0.4, -0.2) is 18.8 Å². The Morgan fingerprint density at radius 1 is 1.36 bits per heavy atom. The first-order valence-corrected chi connectivity index (χ1v) is 4.52. The number of hydrogen-bond donors (Lipinski definition) is 0. The predicted molar refractivity (Wildman–Crippen MR) is 45.6 cm³/mol. The Balaban J connectivity index is 4.47. The monoisotopic (exact) mass is 212 g/mol. The van der Waals surface area contributed by atoms with E-state index in [0.29, 0.717) is 0 Å². The average Bonchev–Trinajstić information content (AvgIpc) is 1.98. The van der Waals surface area contributed by atoms with Crippen LogP contribution in [0.15, 0.2) is 0 Å². The van der Waals surface area contributed by atoms with Gasteiger partial charge < -0.3 is 4.74 Å². The van der Waals surface area contributed by atoms with Crippen LogP contribution < -0.4 is 0 Å². The number of esters is 1. The van der Waals surface area contributed by atoms with Crippen molar-refractivity contribution >= 4 is 5.97 Å². The standard InChI is InChI=1S/C9H15F3O2/c1-4-14-8(13)7(5-6(2)3)9(10,11)12/h6-7H,4-5H2,1-3H3. The number of halogens is 3. The predicted octanol–water partition coefficient (Wildman–Crippen LogP) is 2.77. The molecular weight excluding hydrogens is 197 g/mol. The van der Waals surface area contributed by atoms with Crippen LogP contribution in [0.25, 0.3) is 0 Å². The third-order valence-corrected chi connectivity index (χ3v) is 1.67. The fourth-order valence-corrected chi connectivity index (χ4v) is 1.08.